The van der Waals surface area contributed by atoms with Crippen molar-refractivity contribution in [3.8, 4) is 0 Å². The van der Waals surface area contributed by atoms with Gasteiger partial charge in [-0.2, -0.15) is 10.1 Å². The molecule has 2 aromatic heterocycles. The minimum atomic E-state index is -0.172. The second kappa shape index (κ2) is 2.13. The molecule has 0 aliphatic rings. The molecule has 2 aromatic rings. The van der Waals surface area contributed by atoms with Gasteiger partial charge in [-0.15, -0.1) is 0 Å². The van der Waals surface area contributed by atoms with E-state index in [4.69, 9.17) is 0 Å². The highest BCUT2D eigenvalue weighted by Gasteiger charge is 1.98. The summed E-state index contributed by atoms with van der Waals surface area (Å²) in [4.78, 5) is 15.4. The van der Waals surface area contributed by atoms with Gasteiger partial charge in [0, 0.05) is 11.8 Å². The molecule has 0 aliphatic carbocycles. The summed E-state index contributed by atoms with van der Waals surface area (Å²) in [6.07, 6.45) is 1.68. The smallest absolute Gasteiger partial charge is 0.267 e. The molecule has 2 rings (SSSR count). The van der Waals surface area contributed by atoms with Crippen LogP contribution in [0.15, 0.2) is 16.5 Å². The molecule has 0 radical (unpaired) electrons. The lowest BCUT2D eigenvalue weighted by atomic mass is 10.4. The van der Waals surface area contributed by atoms with E-state index < -0.39 is 0 Å². The van der Waals surface area contributed by atoms with Crippen LogP contribution in [0.1, 0.15) is 5.56 Å². The van der Waals surface area contributed by atoms with E-state index in [1.807, 2.05) is 0 Å². The van der Waals surface area contributed by atoms with Gasteiger partial charge in [-0.05, 0) is 6.92 Å². The molecule has 0 unspecified atom stereocenters. The van der Waals surface area contributed by atoms with E-state index in [-0.39, 0.29) is 5.56 Å². The van der Waals surface area contributed by atoms with E-state index in [1.54, 1.807) is 23.1 Å². The van der Waals surface area contributed by atoms with Crippen LogP contribution in [0.5, 0.6) is 0 Å². The van der Waals surface area contributed by atoms with Crippen LogP contribution in [0.2, 0.25) is 0 Å². The monoisotopic (exact) mass is 167 g/mol. The largest absolute Gasteiger partial charge is 0.276 e. The van der Waals surface area contributed by atoms with Crippen molar-refractivity contribution >= 4 is 16.3 Å². The second-order valence-corrected chi connectivity index (χ2v) is 3.01. The Hall–Kier alpha value is -1.23. The zero-order valence-electron chi connectivity index (χ0n) is 5.81. The van der Waals surface area contributed by atoms with Crippen molar-refractivity contribution in [2.75, 3.05) is 0 Å². The number of hydrogen-bond donors (Lipinski definition) is 0. The number of aromatic nitrogens is 3. The number of fused-ring (bicyclic) bond motifs is 1. The SMILES string of the molecule is Cc1cn2ncsc2nc1=O. The summed E-state index contributed by atoms with van der Waals surface area (Å²) in [5, 5.41) is 3.95. The van der Waals surface area contributed by atoms with Crippen molar-refractivity contribution in [3.63, 3.8) is 0 Å². The van der Waals surface area contributed by atoms with Gasteiger partial charge in [-0.1, -0.05) is 11.3 Å². The molecular weight excluding hydrogens is 162 g/mol. The standard InChI is InChI=1S/C6H5N3OS/c1-4-2-9-6(8-5(4)10)11-3-7-9/h2-3H,1H3. The highest BCUT2D eigenvalue weighted by atomic mass is 32.1. The lowest BCUT2D eigenvalue weighted by molar-refractivity contribution is 0.917. The van der Waals surface area contributed by atoms with Crippen molar-refractivity contribution in [2.24, 2.45) is 0 Å². The predicted molar refractivity (Wildman–Crippen MR) is 41.9 cm³/mol. The molecule has 0 bridgehead atoms. The fourth-order valence-corrected chi connectivity index (χ4v) is 1.39. The molecule has 4 nitrogen and oxygen atoms in total. The Balaban J connectivity index is 2.97. The van der Waals surface area contributed by atoms with Crippen LogP contribution in [-0.2, 0) is 0 Å². The van der Waals surface area contributed by atoms with E-state index in [0.717, 1.165) is 0 Å². The van der Waals surface area contributed by atoms with Crippen LogP contribution in [0.25, 0.3) is 4.96 Å². The summed E-state index contributed by atoms with van der Waals surface area (Å²) in [6, 6.07) is 0. The normalized spacial score (nSPS) is 10.6. The zero-order chi connectivity index (χ0) is 7.84. The molecule has 0 fully saturated rings. The van der Waals surface area contributed by atoms with Crippen LogP contribution in [0, 0.1) is 6.92 Å². The molecular formula is C6H5N3OS. The second-order valence-electron chi connectivity index (χ2n) is 2.19. The lowest BCUT2D eigenvalue weighted by Gasteiger charge is -1.90. The van der Waals surface area contributed by atoms with Crippen LogP contribution in [0.3, 0.4) is 0 Å². The van der Waals surface area contributed by atoms with Gasteiger partial charge in [-0.3, -0.25) is 4.79 Å². The van der Waals surface area contributed by atoms with Crippen LogP contribution in [0.4, 0.5) is 0 Å². The minimum Gasteiger partial charge on any atom is -0.267 e. The number of hydrogen-bond acceptors (Lipinski definition) is 4. The first-order valence-electron chi connectivity index (χ1n) is 3.07. The van der Waals surface area contributed by atoms with E-state index in [1.165, 1.54) is 11.3 Å². The predicted octanol–water partition coefficient (Wildman–Crippen LogP) is 0.459. The Morgan fingerprint density at radius 3 is 3.27 bits per heavy atom. The number of nitrogens with zero attached hydrogens (tertiary/aromatic N) is 3. The average molecular weight is 167 g/mol. The molecule has 0 N–H and O–H groups in total. The minimum absolute atomic E-state index is 0.172. The van der Waals surface area contributed by atoms with E-state index in [2.05, 4.69) is 10.1 Å². The first-order chi connectivity index (χ1) is 5.27. The number of aryl methyl sites for hydroxylation is 1. The molecule has 0 amide bonds. The molecule has 11 heavy (non-hydrogen) atoms. The molecule has 2 heterocycles. The molecule has 0 spiro atoms. The van der Waals surface area contributed by atoms with Crippen molar-refractivity contribution in [2.45, 2.75) is 6.92 Å². The van der Waals surface area contributed by atoms with Gasteiger partial charge in [0.1, 0.15) is 5.51 Å². The molecule has 0 saturated carbocycles. The van der Waals surface area contributed by atoms with Crippen LogP contribution >= 0.6 is 11.3 Å². The summed E-state index contributed by atoms with van der Waals surface area (Å²) in [6.45, 7) is 1.72. The third kappa shape index (κ3) is 0.932. The Morgan fingerprint density at radius 2 is 2.45 bits per heavy atom. The van der Waals surface area contributed by atoms with E-state index >= 15 is 0 Å². The van der Waals surface area contributed by atoms with Crippen molar-refractivity contribution < 1.29 is 0 Å². The molecule has 0 aromatic carbocycles. The van der Waals surface area contributed by atoms with Crippen molar-refractivity contribution in [1.82, 2.24) is 14.6 Å². The molecule has 5 heteroatoms. The average Bonchev–Trinajstić information content (AvgIpc) is 2.36. The van der Waals surface area contributed by atoms with Crippen LogP contribution in [-0.4, -0.2) is 14.6 Å². The molecule has 0 saturated heterocycles. The first-order valence-corrected chi connectivity index (χ1v) is 3.95. The fraction of sp³-hybridized carbons (Fsp3) is 0.167. The third-order valence-corrected chi connectivity index (χ3v) is 2.06. The van der Waals surface area contributed by atoms with Gasteiger partial charge in [0.15, 0.2) is 0 Å². The summed E-state index contributed by atoms with van der Waals surface area (Å²) in [5.41, 5.74) is 2.10. The van der Waals surface area contributed by atoms with Gasteiger partial charge in [0.05, 0.1) is 0 Å². The Kier molecular flexibility index (Phi) is 1.25. The number of rotatable bonds is 0. The fourth-order valence-electron chi connectivity index (χ4n) is 0.805. The third-order valence-electron chi connectivity index (χ3n) is 1.38. The van der Waals surface area contributed by atoms with Gasteiger partial charge in [0.25, 0.3) is 5.56 Å². The zero-order valence-corrected chi connectivity index (χ0v) is 6.63. The highest BCUT2D eigenvalue weighted by molar-refractivity contribution is 7.14. The maximum atomic E-state index is 11.0. The Bertz CT molecular complexity index is 444. The quantitative estimate of drug-likeness (QED) is 0.572. The Labute approximate surface area is 66.1 Å². The molecule has 56 valence electrons. The summed E-state index contributed by atoms with van der Waals surface area (Å²) < 4.78 is 1.60. The Morgan fingerprint density at radius 1 is 1.64 bits per heavy atom. The maximum Gasteiger partial charge on any atom is 0.276 e. The summed E-state index contributed by atoms with van der Waals surface area (Å²) >= 11 is 1.35. The first kappa shape index (κ1) is 6.48. The van der Waals surface area contributed by atoms with Gasteiger partial charge in [0.2, 0.25) is 4.96 Å². The van der Waals surface area contributed by atoms with Gasteiger partial charge < -0.3 is 0 Å². The molecule has 0 atom stereocenters. The van der Waals surface area contributed by atoms with Crippen LogP contribution < -0.4 is 5.56 Å². The van der Waals surface area contributed by atoms with Gasteiger partial charge >= 0.3 is 0 Å². The van der Waals surface area contributed by atoms with E-state index in [0.29, 0.717) is 10.5 Å². The highest BCUT2D eigenvalue weighted by Crippen LogP contribution is 2.02. The molecule has 0 aliphatic heterocycles. The lowest BCUT2D eigenvalue weighted by Crippen LogP contribution is -2.10. The topological polar surface area (TPSA) is 47.3 Å². The van der Waals surface area contributed by atoms with E-state index in [9.17, 15) is 4.79 Å². The summed E-state index contributed by atoms with van der Waals surface area (Å²) in [7, 11) is 0. The van der Waals surface area contributed by atoms with Gasteiger partial charge in [-0.25, -0.2) is 4.52 Å². The van der Waals surface area contributed by atoms with Crippen molar-refractivity contribution in [3.05, 3.63) is 27.6 Å². The summed E-state index contributed by atoms with van der Waals surface area (Å²) in [5.74, 6) is 0. The maximum absolute atomic E-state index is 11.0. The van der Waals surface area contributed by atoms with Crippen molar-refractivity contribution in [1.29, 1.82) is 0 Å².